The third-order valence-electron chi connectivity index (χ3n) is 4.92. The Kier molecular flexibility index (Phi) is 6.65. The van der Waals surface area contributed by atoms with Crippen LogP contribution in [0.4, 0.5) is 5.69 Å². The Bertz CT molecular complexity index is 810. The molecule has 0 saturated carbocycles. The first kappa shape index (κ1) is 20.3. The van der Waals surface area contributed by atoms with E-state index in [4.69, 9.17) is 25.8 Å². The monoisotopic (exact) mass is 404 g/mol. The molecule has 0 radical (unpaired) electrons. The first-order chi connectivity index (χ1) is 13.6. The normalized spacial score (nSPS) is 14.6. The average molecular weight is 405 g/mol. The van der Waals surface area contributed by atoms with E-state index in [1.54, 1.807) is 33.5 Å². The highest BCUT2D eigenvalue weighted by atomic mass is 35.5. The highest BCUT2D eigenvalue weighted by Crippen LogP contribution is 2.38. The summed E-state index contributed by atoms with van der Waals surface area (Å²) in [6.45, 7) is 3.58. The van der Waals surface area contributed by atoms with Crippen molar-refractivity contribution in [2.24, 2.45) is 0 Å². The SMILES string of the molecule is COc1cc(C(=O)CN2CCN(c3ccccc3Cl)CC2)cc(OC)c1OC. The zero-order chi connectivity index (χ0) is 20.1. The van der Waals surface area contributed by atoms with E-state index in [2.05, 4.69) is 9.80 Å². The second-order valence-electron chi connectivity index (χ2n) is 6.55. The van der Waals surface area contributed by atoms with E-state index >= 15 is 0 Å². The molecule has 0 atom stereocenters. The minimum Gasteiger partial charge on any atom is -0.493 e. The number of benzene rings is 2. The van der Waals surface area contributed by atoms with Crippen molar-refractivity contribution in [1.29, 1.82) is 0 Å². The highest BCUT2D eigenvalue weighted by Gasteiger charge is 2.22. The first-order valence-electron chi connectivity index (χ1n) is 9.12. The van der Waals surface area contributed by atoms with Gasteiger partial charge in [0.2, 0.25) is 5.75 Å². The van der Waals surface area contributed by atoms with Gasteiger partial charge in [-0.25, -0.2) is 0 Å². The number of methoxy groups -OCH3 is 3. The quantitative estimate of drug-likeness (QED) is 0.659. The maximum atomic E-state index is 12.8. The third kappa shape index (κ3) is 4.34. The van der Waals surface area contributed by atoms with Crippen LogP contribution >= 0.6 is 11.6 Å². The van der Waals surface area contributed by atoms with Gasteiger partial charge in [-0.3, -0.25) is 9.69 Å². The summed E-state index contributed by atoms with van der Waals surface area (Å²) >= 11 is 6.30. The zero-order valence-electron chi connectivity index (χ0n) is 16.4. The van der Waals surface area contributed by atoms with Gasteiger partial charge < -0.3 is 19.1 Å². The molecule has 0 bridgehead atoms. The van der Waals surface area contributed by atoms with Gasteiger partial charge >= 0.3 is 0 Å². The van der Waals surface area contributed by atoms with Crippen LogP contribution in [0, 0.1) is 0 Å². The molecule has 2 aromatic rings. The number of para-hydroxylation sites is 1. The van der Waals surface area contributed by atoms with Crippen LogP contribution in [0.15, 0.2) is 36.4 Å². The topological polar surface area (TPSA) is 51.2 Å². The lowest BCUT2D eigenvalue weighted by Crippen LogP contribution is -2.48. The van der Waals surface area contributed by atoms with E-state index < -0.39 is 0 Å². The largest absolute Gasteiger partial charge is 0.493 e. The molecule has 0 N–H and O–H groups in total. The Labute approximate surface area is 170 Å². The van der Waals surface area contributed by atoms with Crippen LogP contribution in [0.3, 0.4) is 0 Å². The Hall–Kier alpha value is -2.44. The van der Waals surface area contributed by atoms with Crippen LogP contribution in [0.1, 0.15) is 10.4 Å². The predicted molar refractivity (Wildman–Crippen MR) is 111 cm³/mol. The van der Waals surface area contributed by atoms with Gasteiger partial charge in [0, 0.05) is 31.7 Å². The van der Waals surface area contributed by atoms with Crippen LogP contribution in [-0.2, 0) is 0 Å². The number of rotatable bonds is 7. The summed E-state index contributed by atoms with van der Waals surface area (Å²) < 4.78 is 16.0. The molecule has 0 aromatic heterocycles. The Morgan fingerprint density at radius 2 is 1.57 bits per heavy atom. The molecule has 0 spiro atoms. The number of carbonyl (C=O) groups is 1. The maximum Gasteiger partial charge on any atom is 0.203 e. The summed E-state index contributed by atoms with van der Waals surface area (Å²) in [6.07, 6.45) is 0. The van der Waals surface area contributed by atoms with E-state index in [9.17, 15) is 4.79 Å². The Morgan fingerprint density at radius 1 is 0.964 bits per heavy atom. The number of ether oxygens (including phenoxy) is 3. The van der Waals surface area contributed by atoms with Crippen LogP contribution in [0.2, 0.25) is 5.02 Å². The van der Waals surface area contributed by atoms with Crippen LogP contribution in [0.25, 0.3) is 0 Å². The molecular weight excluding hydrogens is 380 g/mol. The maximum absolute atomic E-state index is 12.8. The molecule has 1 aliphatic rings. The molecule has 0 amide bonds. The minimum absolute atomic E-state index is 0.0189. The van der Waals surface area contributed by atoms with Crippen LogP contribution in [-0.4, -0.2) is 64.7 Å². The Morgan fingerprint density at radius 3 is 2.11 bits per heavy atom. The number of Topliss-reactive ketones (excluding diaryl/α,β-unsaturated/α-hetero) is 1. The van der Waals surface area contributed by atoms with E-state index in [1.165, 1.54) is 0 Å². The molecule has 1 heterocycles. The van der Waals surface area contributed by atoms with Gasteiger partial charge in [-0.1, -0.05) is 23.7 Å². The summed E-state index contributed by atoms with van der Waals surface area (Å²) in [5.74, 6) is 1.46. The van der Waals surface area contributed by atoms with E-state index in [0.717, 1.165) is 36.9 Å². The lowest BCUT2D eigenvalue weighted by Gasteiger charge is -2.36. The molecular formula is C21H25ClN2O4. The second kappa shape index (κ2) is 9.17. The van der Waals surface area contributed by atoms with Gasteiger partial charge in [-0.2, -0.15) is 0 Å². The average Bonchev–Trinajstić information content (AvgIpc) is 2.73. The number of carbonyl (C=O) groups excluding carboxylic acids is 1. The molecule has 2 aromatic carbocycles. The van der Waals surface area contributed by atoms with Crippen molar-refractivity contribution in [3.8, 4) is 17.2 Å². The van der Waals surface area contributed by atoms with Crippen molar-refractivity contribution >= 4 is 23.1 Å². The fourth-order valence-electron chi connectivity index (χ4n) is 3.39. The number of hydrogen-bond acceptors (Lipinski definition) is 6. The number of anilines is 1. The van der Waals surface area contributed by atoms with Crippen LogP contribution < -0.4 is 19.1 Å². The van der Waals surface area contributed by atoms with Gasteiger partial charge in [0.05, 0.1) is 38.6 Å². The number of hydrogen-bond donors (Lipinski definition) is 0. The second-order valence-corrected chi connectivity index (χ2v) is 6.96. The summed E-state index contributed by atoms with van der Waals surface area (Å²) in [5, 5.41) is 0.754. The molecule has 1 aliphatic heterocycles. The third-order valence-corrected chi connectivity index (χ3v) is 5.24. The van der Waals surface area contributed by atoms with E-state index in [1.807, 2.05) is 24.3 Å². The highest BCUT2D eigenvalue weighted by molar-refractivity contribution is 6.33. The van der Waals surface area contributed by atoms with Crippen molar-refractivity contribution in [3.63, 3.8) is 0 Å². The molecule has 150 valence electrons. The van der Waals surface area contributed by atoms with E-state index in [-0.39, 0.29) is 5.78 Å². The summed E-state index contributed by atoms with van der Waals surface area (Å²) in [7, 11) is 4.62. The lowest BCUT2D eigenvalue weighted by atomic mass is 10.1. The van der Waals surface area contributed by atoms with Crippen molar-refractivity contribution < 1.29 is 19.0 Å². The summed E-state index contributed by atoms with van der Waals surface area (Å²) in [4.78, 5) is 17.2. The smallest absolute Gasteiger partial charge is 0.203 e. The van der Waals surface area contributed by atoms with Gasteiger partial charge in [0.15, 0.2) is 17.3 Å². The first-order valence-corrected chi connectivity index (χ1v) is 9.50. The lowest BCUT2D eigenvalue weighted by molar-refractivity contribution is 0.0925. The molecule has 3 rings (SSSR count). The standard InChI is InChI=1S/C21H25ClN2O4/c1-26-19-12-15(13-20(27-2)21(19)28-3)18(25)14-23-8-10-24(11-9-23)17-7-5-4-6-16(17)22/h4-7,12-13H,8-11,14H2,1-3H3. The molecule has 0 aliphatic carbocycles. The van der Waals surface area contributed by atoms with Crippen molar-refractivity contribution in [1.82, 2.24) is 4.90 Å². The fraction of sp³-hybridized carbons (Fsp3) is 0.381. The summed E-state index contributed by atoms with van der Waals surface area (Å²) in [6, 6.07) is 11.2. The van der Waals surface area contributed by atoms with Crippen molar-refractivity contribution in [2.75, 3.05) is 59.0 Å². The molecule has 7 heteroatoms. The minimum atomic E-state index is 0.0189. The predicted octanol–water partition coefficient (Wildman–Crippen LogP) is 3.37. The van der Waals surface area contributed by atoms with Gasteiger partial charge in [-0.15, -0.1) is 0 Å². The number of piperazine rings is 1. The van der Waals surface area contributed by atoms with Gasteiger partial charge in [0.25, 0.3) is 0 Å². The Balaban J connectivity index is 1.65. The van der Waals surface area contributed by atoms with E-state index in [0.29, 0.717) is 29.4 Å². The van der Waals surface area contributed by atoms with Crippen molar-refractivity contribution in [3.05, 3.63) is 47.0 Å². The van der Waals surface area contributed by atoms with Gasteiger partial charge in [0.1, 0.15) is 0 Å². The number of nitrogens with zero attached hydrogens (tertiary/aromatic N) is 2. The van der Waals surface area contributed by atoms with Crippen LogP contribution in [0.5, 0.6) is 17.2 Å². The molecule has 1 saturated heterocycles. The molecule has 6 nitrogen and oxygen atoms in total. The molecule has 0 unspecified atom stereocenters. The zero-order valence-corrected chi connectivity index (χ0v) is 17.2. The number of ketones is 1. The van der Waals surface area contributed by atoms with Gasteiger partial charge in [-0.05, 0) is 24.3 Å². The van der Waals surface area contributed by atoms with Crippen molar-refractivity contribution in [2.45, 2.75) is 0 Å². The number of halogens is 1. The summed E-state index contributed by atoms with van der Waals surface area (Å²) in [5.41, 5.74) is 1.59. The molecule has 28 heavy (non-hydrogen) atoms. The molecule has 1 fully saturated rings. The fourth-order valence-corrected chi connectivity index (χ4v) is 3.65.